The predicted octanol–water partition coefficient (Wildman–Crippen LogP) is 3.42. The second-order valence-electron chi connectivity index (χ2n) is 7.88. The van der Waals surface area contributed by atoms with Crippen molar-refractivity contribution >= 4 is 33.8 Å². The Hall–Kier alpha value is -1.86. The number of nitrogens with one attached hydrogen (secondary N) is 1. The molecule has 0 radical (unpaired) electrons. The van der Waals surface area contributed by atoms with Crippen molar-refractivity contribution in [3.63, 3.8) is 0 Å². The molecule has 1 N–H and O–H groups in total. The lowest BCUT2D eigenvalue weighted by Crippen LogP contribution is -2.57. The highest BCUT2D eigenvalue weighted by atomic mass is 79.9. The van der Waals surface area contributed by atoms with Gasteiger partial charge in [0, 0.05) is 17.6 Å². The molecule has 2 aliphatic rings. The first-order valence-corrected chi connectivity index (χ1v) is 11.7. The molecule has 1 saturated heterocycles. The van der Waals surface area contributed by atoms with Crippen LogP contribution in [-0.2, 0) is 14.3 Å². The molecule has 2 unspecified atom stereocenters. The van der Waals surface area contributed by atoms with Gasteiger partial charge in [-0.15, -0.1) is 0 Å². The van der Waals surface area contributed by atoms with Crippen molar-refractivity contribution in [3.8, 4) is 0 Å². The number of amides is 2. The molecule has 0 aromatic heterocycles. The fourth-order valence-electron chi connectivity index (χ4n) is 4.21. The summed E-state index contributed by atoms with van der Waals surface area (Å²) in [6.07, 6.45) is 5.68. The molecule has 6 nitrogen and oxygen atoms in total. The summed E-state index contributed by atoms with van der Waals surface area (Å²) in [6, 6.07) is 7.72. The van der Waals surface area contributed by atoms with Gasteiger partial charge in [-0.1, -0.05) is 48.3 Å². The van der Waals surface area contributed by atoms with Gasteiger partial charge in [0.2, 0.25) is 5.91 Å². The molecule has 1 aromatic carbocycles. The summed E-state index contributed by atoms with van der Waals surface area (Å²) in [7, 11) is 0. The summed E-state index contributed by atoms with van der Waals surface area (Å²) >= 11 is 3.46. The molecule has 2 atom stereocenters. The maximum Gasteiger partial charge on any atom is 0.289 e. The van der Waals surface area contributed by atoms with E-state index in [2.05, 4.69) is 40.0 Å². The fourth-order valence-corrected chi connectivity index (χ4v) is 4.63. The van der Waals surface area contributed by atoms with E-state index in [1.807, 2.05) is 24.3 Å². The smallest absolute Gasteiger partial charge is 0.289 e. The van der Waals surface area contributed by atoms with Gasteiger partial charge in [-0.2, -0.15) is 0 Å². The van der Waals surface area contributed by atoms with Crippen LogP contribution in [-0.4, -0.2) is 66.5 Å². The van der Waals surface area contributed by atoms with E-state index >= 15 is 0 Å². The van der Waals surface area contributed by atoms with E-state index in [1.165, 1.54) is 0 Å². The number of benzene rings is 1. The third-order valence-electron chi connectivity index (χ3n) is 5.92. The lowest BCUT2D eigenvalue weighted by atomic mass is 9.89. The lowest BCUT2D eigenvalue weighted by molar-refractivity contribution is -0.151. The van der Waals surface area contributed by atoms with Gasteiger partial charge in [0.05, 0.1) is 6.04 Å². The summed E-state index contributed by atoms with van der Waals surface area (Å²) in [6.45, 7) is 7.63. The minimum Gasteiger partial charge on any atom is -0.482 e. The first kappa shape index (κ1) is 22.8. The fraction of sp³-hybridized carbons (Fsp3) is 0.565. The molecule has 1 aromatic rings. The number of rotatable bonds is 8. The quantitative estimate of drug-likeness (QED) is 0.582. The van der Waals surface area contributed by atoms with Crippen molar-refractivity contribution in [2.75, 3.05) is 32.7 Å². The van der Waals surface area contributed by atoms with Crippen LogP contribution < -0.4 is 5.32 Å². The Morgan fingerprint density at radius 1 is 1.30 bits per heavy atom. The molecule has 3 rings (SSSR count). The number of carbonyl (C=O) groups excluding carboxylic acids is 2. The van der Waals surface area contributed by atoms with Crippen molar-refractivity contribution < 1.29 is 14.3 Å². The van der Waals surface area contributed by atoms with Gasteiger partial charge in [0.15, 0.2) is 5.76 Å². The molecule has 2 amide bonds. The number of nitrogens with zero attached hydrogens (tertiary/aromatic N) is 2. The van der Waals surface area contributed by atoms with Crippen molar-refractivity contribution in [1.82, 2.24) is 15.1 Å². The van der Waals surface area contributed by atoms with E-state index in [4.69, 9.17) is 4.74 Å². The Bertz CT molecular complexity index is 779. The number of fused-ring (bicyclic) bond motifs is 1. The molecule has 1 aliphatic heterocycles. The minimum atomic E-state index is -0.197. The van der Waals surface area contributed by atoms with Gasteiger partial charge in [-0.05, 0) is 56.1 Å². The molecule has 0 bridgehead atoms. The van der Waals surface area contributed by atoms with Crippen molar-refractivity contribution in [2.45, 2.75) is 51.7 Å². The highest BCUT2D eigenvalue weighted by Crippen LogP contribution is 2.33. The molecule has 164 valence electrons. The third kappa shape index (κ3) is 5.85. The van der Waals surface area contributed by atoms with Gasteiger partial charge in [-0.25, -0.2) is 0 Å². The Kier molecular flexibility index (Phi) is 8.33. The van der Waals surface area contributed by atoms with E-state index in [1.54, 1.807) is 11.0 Å². The van der Waals surface area contributed by atoms with Gasteiger partial charge >= 0.3 is 0 Å². The SMILES string of the molecule is CCN(CC)CCNC(=O)CN1C(=O)/C(=C\c2cccc(Br)c2)OC2CCCCC21. The normalized spacial score (nSPS) is 22.7. The van der Waals surface area contributed by atoms with Crippen LogP contribution in [0.3, 0.4) is 0 Å². The first-order chi connectivity index (χ1) is 14.5. The summed E-state index contributed by atoms with van der Waals surface area (Å²) < 4.78 is 7.06. The maximum atomic E-state index is 13.2. The molecule has 1 heterocycles. The van der Waals surface area contributed by atoms with Crippen LogP contribution in [0.15, 0.2) is 34.5 Å². The average Bonchev–Trinajstić information content (AvgIpc) is 2.74. The molecule has 1 saturated carbocycles. The van der Waals surface area contributed by atoms with E-state index in [0.717, 1.165) is 55.4 Å². The topological polar surface area (TPSA) is 61.9 Å². The number of carbonyl (C=O) groups is 2. The van der Waals surface area contributed by atoms with Crippen LogP contribution in [0.25, 0.3) is 6.08 Å². The molecule has 7 heteroatoms. The second-order valence-corrected chi connectivity index (χ2v) is 8.80. The highest BCUT2D eigenvalue weighted by molar-refractivity contribution is 9.10. The maximum absolute atomic E-state index is 13.2. The van der Waals surface area contributed by atoms with Gasteiger partial charge in [-0.3, -0.25) is 9.59 Å². The van der Waals surface area contributed by atoms with E-state index < -0.39 is 0 Å². The van der Waals surface area contributed by atoms with Gasteiger partial charge < -0.3 is 19.9 Å². The molecule has 0 spiro atoms. The Labute approximate surface area is 187 Å². The van der Waals surface area contributed by atoms with Crippen molar-refractivity contribution in [1.29, 1.82) is 0 Å². The Balaban J connectivity index is 1.70. The predicted molar refractivity (Wildman–Crippen MR) is 122 cm³/mol. The van der Waals surface area contributed by atoms with Crippen molar-refractivity contribution in [3.05, 3.63) is 40.1 Å². The van der Waals surface area contributed by atoms with Crippen LogP contribution in [0, 0.1) is 0 Å². The zero-order chi connectivity index (χ0) is 21.5. The molecule has 30 heavy (non-hydrogen) atoms. The summed E-state index contributed by atoms with van der Waals surface area (Å²) in [5.41, 5.74) is 0.894. The zero-order valence-corrected chi connectivity index (χ0v) is 19.5. The number of hydrogen-bond donors (Lipinski definition) is 1. The van der Waals surface area contributed by atoms with Crippen LogP contribution in [0.2, 0.25) is 0 Å². The number of likely N-dealkylation sites (N-methyl/N-ethyl adjacent to an activating group) is 1. The molecule has 2 fully saturated rings. The minimum absolute atomic E-state index is 0.0283. The number of morpholine rings is 1. The largest absolute Gasteiger partial charge is 0.482 e. The van der Waals surface area contributed by atoms with E-state index in [9.17, 15) is 9.59 Å². The zero-order valence-electron chi connectivity index (χ0n) is 17.9. The van der Waals surface area contributed by atoms with Crippen LogP contribution in [0.4, 0.5) is 0 Å². The number of ether oxygens (including phenoxy) is 1. The highest BCUT2D eigenvalue weighted by Gasteiger charge is 2.42. The van der Waals surface area contributed by atoms with E-state index in [-0.39, 0.29) is 30.5 Å². The van der Waals surface area contributed by atoms with Crippen LogP contribution in [0.1, 0.15) is 45.1 Å². The average molecular weight is 478 g/mol. The molecular formula is C23H32BrN3O3. The lowest BCUT2D eigenvalue weighted by Gasteiger charge is -2.44. The Morgan fingerprint density at radius 2 is 2.07 bits per heavy atom. The Morgan fingerprint density at radius 3 is 2.80 bits per heavy atom. The van der Waals surface area contributed by atoms with Gasteiger partial charge in [0.25, 0.3) is 5.91 Å². The number of hydrogen-bond acceptors (Lipinski definition) is 4. The number of halogens is 1. The standard InChI is InChI=1S/C23H32BrN3O3/c1-3-26(4-2)13-12-25-22(28)16-27-19-10-5-6-11-20(19)30-21(23(27)29)15-17-8-7-9-18(24)14-17/h7-9,14-15,19-20H,3-6,10-13,16H2,1-2H3,(H,25,28)/b21-15+. The second kappa shape index (κ2) is 11.0. The summed E-state index contributed by atoms with van der Waals surface area (Å²) in [4.78, 5) is 29.8. The van der Waals surface area contributed by atoms with E-state index in [0.29, 0.717) is 12.3 Å². The molecule has 1 aliphatic carbocycles. The first-order valence-electron chi connectivity index (χ1n) is 11.0. The third-order valence-corrected chi connectivity index (χ3v) is 6.42. The van der Waals surface area contributed by atoms with Crippen molar-refractivity contribution in [2.24, 2.45) is 0 Å². The summed E-state index contributed by atoms with van der Waals surface area (Å²) in [5, 5.41) is 2.98. The van der Waals surface area contributed by atoms with Gasteiger partial charge in [0.1, 0.15) is 12.6 Å². The summed E-state index contributed by atoms with van der Waals surface area (Å²) in [5.74, 6) is 0.0211. The molecular weight excluding hydrogens is 446 g/mol. The van der Waals surface area contributed by atoms with Crippen LogP contribution in [0.5, 0.6) is 0 Å². The monoisotopic (exact) mass is 477 g/mol. The van der Waals surface area contributed by atoms with Crippen LogP contribution >= 0.6 is 15.9 Å².